The van der Waals surface area contributed by atoms with Crippen LogP contribution in [-0.4, -0.2) is 49.2 Å². The molecule has 1 fully saturated rings. The molecule has 23 heavy (non-hydrogen) atoms. The second-order valence-corrected chi connectivity index (χ2v) is 6.42. The highest BCUT2D eigenvalue weighted by Gasteiger charge is 2.28. The van der Waals surface area contributed by atoms with Crippen LogP contribution in [0.5, 0.6) is 5.75 Å². The summed E-state index contributed by atoms with van der Waals surface area (Å²) in [6.07, 6.45) is 2.56. The molecule has 1 aliphatic rings. The Kier molecular flexibility index (Phi) is 4.66. The zero-order chi connectivity index (χ0) is 16.2. The Morgan fingerprint density at radius 3 is 3.09 bits per heavy atom. The van der Waals surface area contributed by atoms with Crippen molar-refractivity contribution >= 4 is 28.9 Å². The topological polar surface area (TPSA) is 57.7 Å². The first-order valence-electron chi connectivity index (χ1n) is 7.50. The molecule has 122 valence electrons. The van der Waals surface area contributed by atoms with Gasteiger partial charge in [-0.15, -0.1) is 0 Å². The van der Waals surface area contributed by atoms with Gasteiger partial charge in [0, 0.05) is 38.6 Å². The smallest absolute Gasteiger partial charge is 0.321 e. The van der Waals surface area contributed by atoms with Crippen molar-refractivity contribution in [3.8, 4) is 5.75 Å². The van der Waals surface area contributed by atoms with Crippen molar-refractivity contribution in [3.05, 3.63) is 35.2 Å². The minimum absolute atomic E-state index is 0.00822. The lowest BCUT2D eigenvalue weighted by Gasteiger charge is -2.20. The van der Waals surface area contributed by atoms with E-state index in [-0.39, 0.29) is 12.1 Å². The minimum atomic E-state index is -0.0754. The number of carbonyl (C=O) groups excluding carboxylic acids is 1. The predicted molar refractivity (Wildman–Crippen MR) is 92.5 cm³/mol. The van der Waals surface area contributed by atoms with Crippen LogP contribution in [0, 0.1) is 0 Å². The highest BCUT2D eigenvalue weighted by Crippen LogP contribution is 2.26. The van der Waals surface area contributed by atoms with Crippen LogP contribution in [0.3, 0.4) is 0 Å². The van der Waals surface area contributed by atoms with Crippen LogP contribution in [-0.2, 0) is 0 Å². The van der Waals surface area contributed by atoms with Crippen LogP contribution in [0.15, 0.2) is 35.2 Å². The second-order valence-electron chi connectivity index (χ2n) is 5.64. The standard InChI is InChI=1S/C16H20N4O2S/c1-19(2)15-14(4-3-7-17-15)22-13-5-8-20(10-13)16(21)18-12-6-9-23-11-12/h3-4,6-7,9,11,13H,5,8,10H2,1-2H3,(H,18,21)/t13-/m0/s1. The first-order chi connectivity index (χ1) is 11.1. The molecule has 1 saturated heterocycles. The number of thiophene rings is 1. The Hall–Kier alpha value is -2.28. The second kappa shape index (κ2) is 6.87. The zero-order valence-electron chi connectivity index (χ0n) is 13.2. The molecule has 0 spiro atoms. The van der Waals surface area contributed by atoms with Gasteiger partial charge < -0.3 is 19.9 Å². The van der Waals surface area contributed by atoms with Gasteiger partial charge in [0.2, 0.25) is 0 Å². The molecule has 3 heterocycles. The summed E-state index contributed by atoms with van der Waals surface area (Å²) in [5, 5.41) is 6.76. The number of likely N-dealkylation sites (tertiary alicyclic amines) is 1. The van der Waals surface area contributed by atoms with Crippen molar-refractivity contribution in [1.82, 2.24) is 9.88 Å². The van der Waals surface area contributed by atoms with E-state index >= 15 is 0 Å². The van der Waals surface area contributed by atoms with Gasteiger partial charge >= 0.3 is 6.03 Å². The summed E-state index contributed by atoms with van der Waals surface area (Å²) in [6.45, 7) is 1.27. The number of anilines is 2. The van der Waals surface area contributed by atoms with Gasteiger partial charge in [-0.3, -0.25) is 0 Å². The lowest BCUT2D eigenvalue weighted by atomic mass is 10.3. The van der Waals surface area contributed by atoms with Crippen molar-refractivity contribution in [2.45, 2.75) is 12.5 Å². The van der Waals surface area contributed by atoms with E-state index in [4.69, 9.17) is 4.74 Å². The number of hydrogen-bond acceptors (Lipinski definition) is 5. The van der Waals surface area contributed by atoms with Gasteiger partial charge in [-0.2, -0.15) is 11.3 Å². The average Bonchev–Trinajstić information content (AvgIpc) is 3.19. The molecule has 1 aliphatic heterocycles. The Balaban J connectivity index is 1.59. The number of amides is 2. The van der Waals surface area contributed by atoms with Crippen LogP contribution in [0.25, 0.3) is 0 Å². The van der Waals surface area contributed by atoms with Gasteiger partial charge in [-0.25, -0.2) is 9.78 Å². The molecule has 3 rings (SSSR count). The Bertz CT molecular complexity index is 660. The van der Waals surface area contributed by atoms with Crippen molar-refractivity contribution in [2.75, 3.05) is 37.4 Å². The summed E-state index contributed by atoms with van der Waals surface area (Å²) in [6, 6.07) is 5.59. The van der Waals surface area contributed by atoms with Gasteiger partial charge in [0.15, 0.2) is 11.6 Å². The molecule has 7 heteroatoms. The third-order valence-corrected chi connectivity index (χ3v) is 4.36. The summed E-state index contributed by atoms with van der Waals surface area (Å²) >= 11 is 1.56. The first-order valence-corrected chi connectivity index (χ1v) is 8.45. The third-order valence-electron chi connectivity index (χ3n) is 3.67. The van der Waals surface area contributed by atoms with Crippen LogP contribution in [0.1, 0.15) is 6.42 Å². The third kappa shape index (κ3) is 3.73. The molecule has 0 bridgehead atoms. The highest BCUT2D eigenvalue weighted by atomic mass is 32.1. The number of rotatable bonds is 4. The van der Waals surface area contributed by atoms with Crippen LogP contribution >= 0.6 is 11.3 Å². The fraction of sp³-hybridized carbons (Fsp3) is 0.375. The number of nitrogens with zero attached hydrogens (tertiary/aromatic N) is 3. The van der Waals surface area contributed by atoms with Crippen molar-refractivity contribution in [2.24, 2.45) is 0 Å². The van der Waals surface area contributed by atoms with E-state index in [1.165, 1.54) is 0 Å². The number of ether oxygens (including phenoxy) is 1. The maximum Gasteiger partial charge on any atom is 0.321 e. The summed E-state index contributed by atoms with van der Waals surface area (Å²) in [4.78, 5) is 20.3. The van der Waals surface area contributed by atoms with E-state index in [9.17, 15) is 4.79 Å². The van der Waals surface area contributed by atoms with E-state index in [1.54, 1.807) is 22.4 Å². The molecule has 1 atom stereocenters. The minimum Gasteiger partial charge on any atom is -0.485 e. The summed E-state index contributed by atoms with van der Waals surface area (Å²) < 4.78 is 6.06. The number of hydrogen-bond donors (Lipinski definition) is 1. The Labute approximate surface area is 139 Å². The number of aromatic nitrogens is 1. The number of nitrogens with one attached hydrogen (secondary N) is 1. The van der Waals surface area contributed by atoms with E-state index in [0.717, 1.165) is 23.7 Å². The van der Waals surface area contributed by atoms with Gasteiger partial charge in [0.1, 0.15) is 6.10 Å². The van der Waals surface area contributed by atoms with Crippen molar-refractivity contribution < 1.29 is 9.53 Å². The quantitative estimate of drug-likeness (QED) is 0.935. The average molecular weight is 332 g/mol. The van der Waals surface area contributed by atoms with Crippen molar-refractivity contribution in [3.63, 3.8) is 0 Å². The van der Waals surface area contributed by atoms with E-state index in [2.05, 4.69) is 10.3 Å². The fourth-order valence-corrected chi connectivity index (χ4v) is 3.12. The van der Waals surface area contributed by atoms with Gasteiger partial charge in [-0.05, 0) is 23.6 Å². The summed E-state index contributed by atoms with van der Waals surface area (Å²) in [5.41, 5.74) is 0.839. The lowest BCUT2D eigenvalue weighted by molar-refractivity contribution is 0.195. The molecule has 0 aromatic carbocycles. The van der Waals surface area contributed by atoms with E-state index < -0.39 is 0 Å². The largest absolute Gasteiger partial charge is 0.485 e. The molecule has 0 radical (unpaired) electrons. The van der Waals surface area contributed by atoms with Gasteiger partial charge in [0.05, 0.1) is 12.2 Å². The van der Waals surface area contributed by atoms with Gasteiger partial charge in [0.25, 0.3) is 0 Å². The number of carbonyl (C=O) groups is 1. The number of urea groups is 1. The van der Waals surface area contributed by atoms with E-state index in [1.807, 2.05) is 48.0 Å². The number of pyridine rings is 1. The molecular formula is C16H20N4O2S. The molecule has 2 amide bonds. The Morgan fingerprint density at radius 1 is 1.48 bits per heavy atom. The van der Waals surface area contributed by atoms with E-state index in [0.29, 0.717) is 13.1 Å². The van der Waals surface area contributed by atoms with Crippen LogP contribution in [0.4, 0.5) is 16.3 Å². The molecule has 6 nitrogen and oxygen atoms in total. The maximum absolute atomic E-state index is 12.2. The molecule has 0 saturated carbocycles. The summed E-state index contributed by atoms with van der Waals surface area (Å²) in [7, 11) is 3.87. The molecule has 2 aromatic rings. The highest BCUT2D eigenvalue weighted by molar-refractivity contribution is 7.08. The van der Waals surface area contributed by atoms with Crippen LogP contribution < -0.4 is 15.0 Å². The fourth-order valence-electron chi connectivity index (χ4n) is 2.54. The SMILES string of the molecule is CN(C)c1ncccc1O[C@H]1CCN(C(=O)Nc2ccsc2)C1. The van der Waals surface area contributed by atoms with Gasteiger partial charge in [-0.1, -0.05) is 0 Å². The molecule has 2 aromatic heterocycles. The lowest BCUT2D eigenvalue weighted by Crippen LogP contribution is -2.34. The molecule has 0 unspecified atom stereocenters. The summed E-state index contributed by atoms with van der Waals surface area (Å²) in [5.74, 6) is 1.55. The molecule has 1 N–H and O–H groups in total. The zero-order valence-corrected chi connectivity index (χ0v) is 14.0. The van der Waals surface area contributed by atoms with Crippen LogP contribution in [0.2, 0.25) is 0 Å². The predicted octanol–water partition coefficient (Wildman–Crippen LogP) is 2.89. The first kappa shape index (κ1) is 15.6. The Morgan fingerprint density at radius 2 is 2.35 bits per heavy atom. The normalized spacial score (nSPS) is 17.1. The molecule has 0 aliphatic carbocycles. The monoisotopic (exact) mass is 332 g/mol. The maximum atomic E-state index is 12.2. The van der Waals surface area contributed by atoms with Crippen molar-refractivity contribution in [1.29, 1.82) is 0 Å². The molecular weight excluding hydrogens is 312 g/mol.